The van der Waals surface area contributed by atoms with Crippen molar-refractivity contribution < 1.29 is 9.59 Å². The van der Waals surface area contributed by atoms with Crippen molar-refractivity contribution in [3.05, 3.63) is 0 Å². The molecule has 2 atom stereocenters. The molecule has 6 heteroatoms. The number of hydrazine groups is 1. The van der Waals surface area contributed by atoms with E-state index in [1.54, 1.807) is 0 Å². The van der Waals surface area contributed by atoms with Gasteiger partial charge in [0.25, 0.3) is 5.91 Å². The molecular formula is C12H24N4O2. The Balaban J connectivity index is 2.69. The molecule has 1 fully saturated rings. The zero-order chi connectivity index (χ0) is 13.7. The number of hydrogen-bond acceptors (Lipinski definition) is 3. The van der Waals surface area contributed by atoms with Crippen LogP contribution in [0.25, 0.3) is 0 Å². The molecule has 0 aromatic rings. The van der Waals surface area contributed by atoms with Crippen LogP contribution in [0.4, 0.5) is 4.79 Å². The maximum Gasteiger partial charge on any atom is 0.336 e. The van der Waals surface area contributed by atoms with E-state index in [0.29, 0.717) is 19.6 Å². The van der Waals surface area contributed by atoms with Crippen molar-refractivity contribution in [2.24, 2.45) is 11.7 Å². The normalized spacial score (nSPS) is 18.7. The molecule has 1 saturated heterocycles. The molecule has 3 N–H and O–H groups in total. The highest BCUT2D eigenvalue weighted by Crippen LogP contribution is 2.15. The summed E-state index contributed by atoms with van der Waals surface area (Å²) in [5.41, 5.74) is 5.94. The molecule has 3 amide bonds. The standard InChI is InChI=1S/C12H24N4O2/c1-4-9(3)10(13)11(17)15-7-6-8-16(15)12(18)14-5-2/h9-10H,4-8,13H2,1-3H3,(H,14,18)/t9?,10-/m0/s1. The Kier molecular flexibility index (Phi) is 5.40. The number of nitrogens with two attached hydrogens (primary N) is 1. The predicted molar refractivity (Wildman–Crippen MR) is 69.5 cm³/mol. The average Bonchev–Trinajstić information content (AvgIpc) is 2.85. The number of amides is 3. The molecule has 1 heterocycles. The Morgan fingerprint density at radius 2 is 1.89 bits per heavy atom. The number of nitrogens with zero attached hydrogens (tertiary/aromatic N) is 2. The highest BCUT2D eigenvalue weighted by atomic mass is 16.2. The van der Waals surface area contributed by atoms with Crippen LogP contribution in [0.3, 0.4) is 0 Å². The molecule has 0 spiro atoms. The topological polar surface area (TPSA) is 78.7 Å². The number of nitrogens with one attached hydrogen (secondary N) is 1. The Hall–Kier alpha value is -1.30. The number of carbonyl (C=O) groups is 2. The first-order chi connectivity index (χ1) is 8.52. The molecule has 1 unspecified atom stereocenters. The first-order valence-corrected chi connectivity index (χ1v) is 6.65. The molecule has 0 bridgehead atoms. The van der Waals surface area contributed by atoms with Crippen molar-refractivity contribution >= 4 is 11.9 Å². The van der Waals surface area contributed by atoms with E-state index in [1.165, 1.54) is 10.0 Å². The van der Waals surface area contributed by atoms with E-state index >= 15 is 0 Å². The lowest BCUT2D eigenvalue weighted by atomic mass is 9.99. The Bertz CT molecular complexity index is 308. The van der Waals surface area contributed by atoms with Gasteiger partial charge in [0, 0.05) is 19.6 Å². The summed E-state index contributed by atoms with van der Waals surface area (Å²) in [5, 5.41) is 5.66. The van der Waals surface area contributed by atoms with Crippen LogP contribution in [0, 0.1) is 5.92 Å². The van der Waals surface area contributed by atoms with Gasteiger partial charge in [0.05, 0.1) is 6.04 Å². The van der Waals surface area contributed by atoms with Crippen LogP contribution in [0.5, 0.6) is 0 Å². The van der Waals surface area contributed by atoms with Gasteiger partial charge in [-0.15, -0.1) is 0 Å². The van der Waals surface area contributed by atoms with Crippen molar-refractivity contribution in [1.29, 1.82) is 0 Å². The smallest absolute Gasteiger partial charge is 0.336 e. The summed E-state index contributed by atoms with van der Waals surface area (Å²) in [7, 11) is 0. The summed E-state index contributed by atoms with van der Waals surface area (Å²) in [5.74, 6) is -0.0395. The monoisotopic (exact) mass is 256 g/mol. The lowest BCUT2D eigenvalue weighted by Crippen LogP contribution is -2.55. The van der Waals surface area contributed by atoms with Gasteiger partial charge in [0.15, 0.2) is 0 Å². The molecule has 104 valence electrons. The first kappa shape index (κ1) is 14.8. The predicted octanol–water partition coefficient (Wildman–Crippen LogP) is 0.539. The van der Waals surface area contributed by atoms with Gasteiger partial charge in [0.2, 0.25) is 0 Å². The minimum atomic E-state index is -0.537. The third-order valence-corrected chi connectivity index (χ3v) is 3.39. The van der Waals surface area contributed by atoms with Gasteiger partial charge >= 0.3 is 6.03 Å². The molecule has 0 aromatic carbocycles. The van der Waals surface area contributed by atoms with Crippen LogP contribution in [-0.4, -0.2) is 47.6 Å². The number of rotatable bonds is 4. The maximum absolute atomic E-state index is 12.2. The van der Waals surface area contributed by atoms with Crippen molar-refractivity contribution in [3.63, 3.8) is 0 Å². The fourth-order valence-corrected chi connectivity index (χ4v) is 1.96. The summed E-state index contributed by atoms with van der Waals surface area (Å²) in [6.45, 7) is 7.50. The van der Waals surface area contributed by atoms with E-state index < -0.39 is 6.04 Å². The van der Waals surface area contributed by atoms with Gasteiger partial charge in [-0.1, -0.05) is 20.3 Å². The van der Waals surface area contributed by atoms with Gasteiger partial charge in [-0.25, -0.2) is 14.8 Å². The van der Waals surface area contributed by atoms with Crippen LogP contribution < -0.4 is 11.1 Å². The third-order valence-electron chi connectivity index (χ3n) is 3.39. The van der Waals surface area contributed by atoms with Crippen molar-refractivity contribution in [1.82, 2.24) is 15.3 Å². The number of hydrogen-bond donors (Lipinski definition) is 2. The third kappa shape index (κ3) is 3.13. The van der Waals surface area contributed by atoms with Gasteiger partial charge in [-0.2, -0.15) is 0 Å². The fourth-order valence-electron chi connectivity index (χ4n) is 1.96. The van der Waals surface area contributed by atoms with E-state index in [-0.39, 0.29) is 17.9 Å². The molecule has 1 aliphatic rings. The lowest BCUT2D eigenvalue weighted by Gasteiger charge is -2.31. The molecule has 1 rings (SSSR count). The quantitative estimate of drug-likeness (QED) is 0.770. The second kappa shape index (κ2) is 6.58. The van der Waals surface area contributed by atoms with Gasteiger partial charge in [0.1, 0.15) is 0 Å². The summed E-state index contributed by atoms with van der Waals surface area (Å²) >= 11 is 0. The average molecular weight is 256 g/mol. The summed E-state index contributed by atoms with van der Waals surface area (Å²) < 4.78 is 0. The lowest BCUT2D eigenvalue weighted by molar-refractivity contribution is -0.142. The fraction of sp³-hybridized carbons (Fsp3) is 0.833. The second-order valence-electron chi connectivity index (χ2n) is 4.68. The molecule has 6 nitrogen and oxygen atoms in total. The molecule has 0 aromatic heterocycles. The van der Waals surface area contributed by atoms with E-state index in [2.05, 4.69) is 5.32 Å². The molecule has 0 aliphatic carbocycles. The van der Waals surface area contributed by atoms with Crippen LogP contribution in [0.2, 0.25) is 0 Å². The van der Waals surface area contributed by atoms with Gasteiger partial charge < -0.3 is 11.1 Å². The number of urea groups is 1. The largest absolute Gasteiger partial charge is 0.337 e. The van der Waals surface area contributed by atoms with Crippen LogP contribution in [-0.2, 0) is 4.79 Å². The van der Waals surface area contributed by atoms with Crippen molar-refractivity contribution in [3.8, 4) is 0 Å². The van der Waals surface area contributed by atoms with Crippen molar-refractivity contribution in [2.45, 2.75) is 39.7 Å². The SMILES string of the molecule is CCNC(=O)N1CCCN1C(=O)[C@@H](N)C(C)CC. The van der Waals surface area contributed by atoms with Gasteiger partial charge in [-0.05, 0) is 19.3 Å². The molecular weight excluding hydrogens is 232 g/mol. The maximum atomic E-state index is 12.2. The van der Waals surface area contributed by atoms with E-state index in [9.17, 15) is 9.59 Å². The van der Waals surface area contributed by atoms with Crippen LogP contribution >= 0.6 is 0 Å². The van der Waals surface area contributed by atoms with Crippen molar-refractivity contribution in [2.75, 3.05) is 19.6 Å². The van der Waals surface area contributed by atoms with E-state index in [4.69, 9.17) is 5.73 Å². The Morgan fingerprint density at radius 1 is 1.28 bits per heavy atom. The molecule has 0 radical (unpaired) electrons. The first-order valence-electron chi connectivity index (χ1n) is 6.65. The summed E-state index contributed by atoms with van der Waals surface area (Å²) in [4.78, 5) is 24.0. The minimum absolute atomic E-state index is 0.120. The van der Waals surface area contributed by atoms with Crippen LogP contribution in [0.1, 0.15) is 33.6 Å². The van der Waals surface area contributed by atoms with E-state index in [1.807, 2.05) is 20.8 Å². The van der Waals surface area contributed by atoms with Gasteiger partial charge in [-0.3, -0.25) is 4.79 Å². The highest BCUT2D eigenvalue weighted by Gasteiger charge is 2.34. The molecule has 0 saturated carbocycles. The minimum Gasteiger partial charge on any atom is -0.337 e. The Morgan fingerprint density at radius 3 is 2.44 bits per heavy atom. The molecule has 18 heavy (non-hydrogen) atoms. The second-order valence-corrected chi connectivity index (χ2v) is 4.68. The zero-order valence-electron chi connectivity index (χ0n) is 11.5. The number of carbonyl (C=O) groups excluding carboxylic acids is 2. The summed E-state index contributed by atoms with van der Waals surface area (Å²) in [6, 6.07) is -0.760. The van der Waals surface area contributed by atoms with E-state index in [0.717, 1.165) is 12.8 Å². The van der Waals surface area contributed by atoms with Crippen LogP contribution in [0.15, 0.2) is 0 Å². The zero-order valence-corrected chi connectivity index (χ0v) is 11.5. The molecule has 1 aliphatic heterocycles. The Labute approximate surface area is 108 Å². The summed E-state index contributed by atoms with van der Waals surface area (Å²) in [6.07, 6.45) is 1.65. The highest BCUT2D eigenvalue weighted by molar-refractivity contribution is 5.85.